The highest BCUT2D eigenvalue weighted by Crippen LogP contribution is 2.37. The van der Waals surface area contributed by atoms with Gasteiger partial charge in [0.25, 0.3) is 0 Å². The second-order valence-corrected chi connectivity index (χ2v) is 8.29. The molecular weight excluding hydrogens is 423 g/mol. The lowest BCUT2D eigenvalue weighted by Gasteiger charge is -2.12. The summed E-state index contributed by atoms with van der Waals surface area (Å²) < 4.78 is 27.1. The fourth-order valence-electron chi connectivity index (χ4n) is 1.86. The van der Waals surface area contributed by atoms with Crippen molar-refractivity contribution in [2.24, 2.45) is 5.16 Å². The highest BCUT2D eigenvalue weighted by Gasteiger charge is 2.23. The van der Waals surface area contributed by atoms with Crippen molar-refractivity contribution in [2.75, 3.05) is 20.7 Å². The van der Waals surface area contributed by atoms with Gasteiger partial charge in [-0.05, 0) is 12.1 Å². The largest absolute Gasteiger partial charge is 0.391 e. The molecule has 0 spiro atoms. The average Bonchev–Trinajstić information content (AvgIpc) is 3.01. The van der Waals surface area contributed by atoms with Crippen LogP contribution < -0.4 is 0 Å². The Morgan fingerprint density at radius 3 is 2.62 bits per heavy atom. The molecule has 2 aromatic rings. The molecule has 7 nitrogen and oxygen atoms in total. The summed E-state index contributed by atoms with van der Waals surface area (Å²) >= 11 is 18.2. The van der Waals surface area contributed by atoms with Crippen LogP contribution >= 0.6 is 34.8 Å². The number of imidazole rings is 1. The Morgan fingerprint density at radius 1 is 1.31 bits per heavy atom. The molecule has 2 rings (SSSR count). The van der Waals surface area contributed by atoms with Crippen LogP contribution in [-0.4, -0.2) is 48.6 Å². The van der Waals surface area contributed by atoms with Crippen molar-refractivity contribution in [3.05, 3.63) is 51.9 Å². The molecule has 26 heavy (non-hydrogen) atoms. The summed E-state index contributed by atoms with van der Waals surface area (Å²) in [4.78, 5) is 9.19. The van der Waals surface area contributed by atoms with Gasteiger partial charge in [-0.3, -0.25) is 0 Å². The molecule has 0 bridgehead atoms. The number of aromatic nitrogens is 2. The fourth-order valence-corrected chi connectivity index (χ4v) is 3.40. The molecule has 0 aliphatic heterocycles. The first-order valence-electron chi connectivity index (χ1n) is 7.12. The maximum absolute atomic E-state index is 12.5. The molecule has 0 radical (unpaired) electrons. The molecule has 1 aromatic heterocycles. The molecule has 0 aliphatic rings. The van der Waals surface area contributed by atoms with E-state index in [1.807, 2.05) is 0 Å². The topological polar surface area (TPSA) is 76.8 Å². The van der Waals surface area contributed by atoms with Gasteiger partial charge >= 0.3 is 10.2 Å². The second-order valence-electron chi connectivity index (χ2n) is 5.11. The minimum absolute atomic E-state index is 0.0277. The molecule has 1 heterocycles. The number of hydrogen-bond donors (Lipinski definition) is 0. The SMILES string of the molecule is C=CCON=Cc1nc(-c2ccc(Cl)c(Cl)c2Cl)cn1S(=O)(=O)N(C)C. The zero-order valence-corrected chi connectivity index (χ0v) is 16.9. The van der Waals surface area contributed by atoms with E-state index >= 15 is 0 Å². The molecule has 0 unspecified atom stereocenters. The molecule has 140 valence electrons. The van der Waals surface area contributed by atoms with Gasteiger partial charge in [-0.25, -0.2) is 8.96 Å². The van der Waals surface area contributed by atoms with Gasteiger partial charge in [-0.1, -0.05) is 52.6 Å². The van der Waals surface area contributed by atoms with Crippen LogP contribution in [0.5, 0.6) is 0 Å². The Bertz CT molecular complexity index is 955. The third-order valence-corrected chi connectivity index (χ3v) is 6.16. The molecule has 0 atom stereocenters. The van der Waals surface area contributed by atoms with Crippen molar-refractivity contribution in [3.8, 4) is 11.3 Å². The van der Waals surface area contributed by atoms with E-state index < -0.39 is 10.2 Å². The molecule has 0 saturated carbocycles. The molecule has 0 saturated heterocycles. The third kappa shape index (κ3) is 4.21. The van der Waals surface area contributed by atoms with E-state index in [0.717, 1.165) is 8.28 Å². The number of oxime groups is 1. The molecule has 0 N–H and O–H groups in total. The first-order valence-corrected chi connectivity index (χ1v) is 9.65. The summed E-state index contributed by atoms with van der Waals surface area (Å²) in [6.45, 7) is 3.66. The van der Waals surface area contributed by atoms with Crippen molar-refractivity contribution >= 4 is 51.2 Å². The highest BCUT2D eigenvalue weighted by molar-refractivity contribution is 7.87. The lowest BCUT2D eigenvalue weighted by molar-refractivity contribution is 0.176. The lowest BCUT2D eigenvalue weighted by Crippen LogP contribution is -2.29. The predicted molar refractivity (Wildman–Crippen MR) is 104 cm³/mol. The Balaban J connectivity index is 2.60. The number of nitrogens with zero attached hydrogens (tertiary/aromatic N) is 4. The summed E-state index contributed by atoms with van der Waals surface area (Å²) in [6, 6.07) is 3.14. The molecule has 1 aromatic carbocycles. The van der Waals surface area contributed by atoms with Crippen molar-refractivity contribution in [1.29, 1.82) is 0 Å². The van der Waals surface area contributed by atoms with Gasteiger partial charge in [0.15, 0.2) is 5.82 Å². The number of hydrogen-bond acceptors (Lipinski definition) is 5. The van der Waals surface area contributed by atoms with E-state index in [-0.39, 0.29) is 33.2 Å². The molecule has 0 fully saturated rings. The Morgan fingerprint density at radius 2 is 2.00 bits per heavy atom. The second kappa shape index (κ2) is 8.41. The van der Waals surface area contributed by atoms with E-state index in [9.17, 15) is 8.42 Å². The van der Waals surface area contributed by atoms with Crippen LogP contribution in [0, 0.1) is 0 Å². The van der Waals surface area contributed by atoms with Gasteiger partial charge in [0.2, 0.25) is 0 Å². The zero-order valence-electron chi connectivity index (χ0n) is 13.9. The minimum atomic E-state index is -3.85. The maximum atomic E-state index is 12.5. The molecule has 11 heteroatoms. The van der Waals surface area contributed by atoms with Gasteiger partial charge < -0.3 is 4.84 Å². The zero-order chi connectivity index (χ0) is 19.5. The van der Waals surface area contributed by atoms with Crippen LogP contribution in [0.1, 0.15) is 5.82 Å². The van der Waals surface area contributed by atoms with E-state index in [1.165, 1.54) is 32.6 Å². The summed E-state index contributed by atoms with van der Waals surface area (Å²) in [6.07, 6.45) is 4.00. The fraction of sp³-hybridized carbons (Fsp3) is 0.200. The van der Waals surface area contributed by atoms with Gasteiger partial charge in [-0.2, -0.15) is 12.7 Å². The van der Waals surface area contributed by atoms with Gasteiger partial charge in [0.05, 0.1) is 27.0 Å². The average molecular weight is 438 g/mol. The van der Waals surface area contributed by atoms with Crippen molar-refractivity contribution < 1.29 is 13.3 Å². The lowest BCUT2D eigenvalue weighted by atomic mass is 10.2. The number of halogens is 3. The van der Waals surface area contributed by atoms with Crippen LogP contribution in [0.15, 0.2) is 36.1 Å². The van der Waals surface area contributed by atoms with Crippen molar-refractivity contribution in [2.45, 2.75) is 0 Å². The standard InChI is InChI=1S/C15H15Cl3N4O3S/c1-4-7-25-19-8-13-20-12(9-22(13)26(23,24)21(2)3)10-5-6-11(16)15(18)14(10)17/h4-6,8-9H,1,7H2,2-3H3. The van der Waals surface area contributed by atoms with Gasteiger partial charge in [0, 0.05) is 19.7 Å². The summed E-state index contributed by atoms with van der Waals surface area (Å²) in [5, 5.41) is 4.28. The van der Waals surface area contributed by atoms with Crippen LogP contribution in [-0.2, 0) is 15.0 Å². The van der Waals surface area contributed by atoms with Gasteiger partial charge in [0.1, 0.15) is 12.8 Å². The first kappa shape index (κ1) is 20.7. The van der Waals surface area contributed by atoms with Crippen LogP contribution in [0.2, 0.25) is 15.1 Å². The van der Waals surface area contributed by atoms with Gasteiger partial charge in [-0.15, -0.1) is 0 Å². The number of benzene rings is 1. The van der Waals surface area contributed by atoms with E-state index in [0.29, 0.717) is 5.56 Å². The molecule has 0 aliphatic carbocycles. The Labute approximate surface area is 166 Å². The van der Waals surface area contributed by atoms with Crippen LogP contribution in [0.4, 0.5) is 0 Å². The molecular formula is C15H15Cl3N4O3S. The highest BCUT2D eigenvalue weighted by atomic mass is 35.5. The summed E-state index contributed by atoms with van der Waals surface area (Å²) in [5.41, 5.74) is 0.708. The maximum Gasteiger partial charge on any atom is 0.308 e. The quantitative estimate of drug-likeness (QED) is 0.217. The Hall–Kier alpha value is -1.58. The first-order chi connectivity index (χ1) is 12.2. The van der Waals surface area contributed by atoms with E-state index in [1.54, 1.807) is 12.1 Å². The minimum Gasteiger partial charge on any atom is -0.391 e. The van der Waals surface area contributed by atoms with E-state index in [4.69, 9.17) is 39.6 Å². The van der Waals surface area contributed by atoms with Crippen LogP contribution in [0.25, 0.3) is 11.3 Å². The molecule has 0 amide bonds. The smallest absolute Gasteiger partial charge is 0.308 e. The number of rotatable bonds is 7. The Kier molecular flexibility index (Phi) is 6.70. The summed E-state index contributed by atoms with van der Waals surface area (Å²) in [7, 11) is -1.05. The van der Waals surface area contributed by atoms with Crippen molar-refractivity contribution in [1.82, 2.24) is 13.3 Å². The predicted octanol–water partition coefficient (Wildman–Crippen LogP) is 3.70. The van der Waals surface area contributed by atoms with Crippen LogP contribution in [0.3, 0.4) is 0 Å². The monoisotopic (exact) mass is 436 g/mol. The van der Waals surface area contributed by atoms with Crippen molar-refractivity contribution in [3.63, 3.8) is 0 Å². The van der Waals surface area contributed by atoms with E-state index in [2.05, 4.69) is 16.7 Å². The third-order valence-electron chi connectivity index (χ3n) is 3.16. The normalized spacial score (nSPS) is 12.1. The summed E-state index contributed by atoms with van der Waals surface area (Å²) in [5.74, 6) is 0.0277.